The van der Waals surface area contributed by atoms with Gasteiger partial charge in [0.1, 0.15) is 11.1 Å². The fourth-order valence-corrected chi connectivity index (χ4v) is 6.42. The van der Waals surface area contributed by atoms with Gasteiger partial charge in [-0.2, -0.15) is 0 Å². The maximum atomic E-state index is 13.4. The van der Waals surface area contributed by atoms with E-state index in [4.69, 9.17) is 9.84 Å². The van der Waals surface area contributed by atoms with Crippen LogP contribution < -0.4 is 14.9 Å². The predicted octanol–water partition coefficient (Wildman–Crippen LogP) is 4.99. The van der Waals surface area contributed by atoms with E-state index in [-0.39, 0.29) is 11.0 Å². The van der Waals surface area contributed by atoms with Crippen molar-refractivity contribution >= 4 is 44.9 Å². The van der Waals surface area contributed by atoms with Crippen LogP contribution in [0.2, 0.25) is 0 Å². The highest BCUT2D eigenvalue weighted by Crippen LogP contribution is 2.38. The number of carbonyl (C=O) groups excluding carboxylic acids is 1. The summed E-state index contributed by atoms with van der Waals surface area (Å²) in [5, 5.41) is 11.8. The molecule has 3 N–H and O–H groups in total. The molecule has 0 saturated carbocycles. The van der Waals surface area contributed by atoms with Crippen molar-refractivity contribution in [3.05, 3.63) is 48.7 Å². The average molecular weight is 531 g/mol. The number of ether oxygens (including phenoxy) is 1. The number of anilines is 2. The van der Waals surface area contributed by atoms with Gasteiger partial charge in [0.15, 0.2) is 0 Å². The molecule has 1 atom stereocenters. The second-order valence-corrected chi connectivity index (χ2v) is 12.1. The summed E-state index contributed by atoms with van der Waals surface area (Å²) >= 11 is 1.30. The number of thiazole rings is 1. The van der Waals surface area contributed by atoms with E-state index in [0.717, 1.165) is 5.56 Å². The summed E-state index contributed by atoms with van der Waals surface area (Å²) in [7, 11) is -3.97. The fourth-order valence-electron chi connectivity index (χ4n) is 3.73. The SMILES string of the molecule is CC1CN(c2ccc(-c3cnc(-c4ccc(NC(=O)O)cc4)s3)c(S(=O)(=O)NC(C)(C)C)c2)C(=O)O1. The molecule has 0 spiro atoms. The number of cyclic esters (lactones) is 1. The van der Waals surface area contributed by atoms with Crippen LogP contribution in [0.4, 0.5) is 21.0 Å². The van der Waals surface area contributed by atoms with Crippen LogP contribution in [0.3, 0.4) is 0 Å². The first-order valence-electron chi connectivity index (χ1n) is 11.1. The van der Waals surface area contributed by atoms with Crippen LogP contribution >= 0.6 is 11.3 Å². The Labute approximate surface area is 213 Å². The van der Waals surface area contributed by atoms with Crippen molar-refractivity contribution in [3.63, 3.8) is 0 Å². The lowest BCUT2D eigenvalue weighted by Gasteiger charge is -2.22. The van der Waals surface area contributed by atoms with Gasteiger partial charge in [-0.15, -0.1) is 11.3 Å². The third-order valence-corrected chi connectivity index (χ3v) is 8.00. The van der Waals surface area contributed by atoms with Crippen LogP contribution in [0.5, 0.6) is 0 Å². The molecule has 190 valence electrons. The van der Waals surface area contributed by atoms with Gasteiger partial charge >= 0.3 is 12.2 Å². The van der Waals surface area contributed by atoms with E-state index in [2.05, 4.69) is 15.0 Å². The molecular formula is C24H26N4O6S2. The summed E-state index contributed by atoms with van der Waals surface area (Å²) in [6.45, 7) is 7.35. The number of rotatable bonds is 6. The first-order valence-corrected chi connectivity index (χ1v) is 13.4. The zero-order valence-electron chi connectivity index (χ0n) is 20.1. The van der Waals surface area contributed by atoms with Crippen LogP contribution in [0.25, 0.3) is 21.0 Å². The van der Waals surface area contributed by atoms with Crippen molar-refractivity contribution in [2.45, 2.75) is 44.2 Å². The average Bonchev–Trinajstić information content (AvgIpc) is 3.38. The van der Waals surface area contributed by atoms with Gasteiger partial charge in [0.25, 0.3) is 0 Å². The standard InChI is InChI=1S/C24H26N4O6S2/c1-14-13-28(23(31)34-14)17-9-10-18(20(11-17)36(32,33)27-24(2,3)4)19-12-25-21(35-19)15-5-7-16(8-6-15)26-22(29)30/h5-12,14,26-27H,13H2,1-4H3,(H,29,30). The number of sulfonamides is 1. The Morgan fingerprint density at radius 2 is 1.89 bits per heavy atom. The molecule has 2 heterocycles. The highest BCUT2D eigenvalue weighted by atomic mass is 32.2. The second kappa shape index (κ2) is 9.52. The fraction of sp³-hybridized carbons (Fsp3) is 0.292. The number of carbonyl (C=O) groups is 2. The number of hydrogen-bond donors (Lipinski definition) is 3. The third kappa shape index (κ3) is 5.66. The van der Waals surface area contributed by atoms with E-state index < -0.39 is 27.7 Å². The smallest absolute Gasteiger partial charge is 0.414 e. The van der Waals surface area contributed by atoms with Crippen LogP contribution in [-0.4, -0.2) is 48.9 Å². The van der Waals surface area contributed by atoms with Crippen molar-refractivity contribution in [2.75, 3.05) is 16.8 Å². The highest BCUT2D eigenvalue weighted by Gasteiger charge is 2.32. The van der Waals surface area contributed by atoms with Crippen molar-refractivity contribution in [1.82, 2.24) is 9.71 Å². The summed E-state index contributed by atoms with van der Waals surface area (Å²) < 4.78 is 34.8. The number of hydrogen-bond acceptors (Lipinski definition) is 7. The van der Waals surface area contributed by atoms with Crippen molar-refractivity contribution < 1.29 is 27.9 Å². The number of aromatic nitrogens is 1. The Balaban J connectivity index is 1.75. The molecule has 2 amide bonds. The van der Waals surface area contributed by atoms with Crippen molar-refractivity contribution in [3.8, 4) is 21.0 Å². The lowest BCUT2D eigenvalue weighted by molar-refractivity contribution is 0.150. The summed E-state index contributed by atoms with van der Waals surface area (Å²) in [6.07, 6.45) is -0.382. The van der Waals surface area contributed by atoms with Gasteiger partial charge in [0.2, 0.25) is 10.0 Å². The zero-order valence-corrected chi connectivity index (χ0v) is 21.7. The second-order valence-electron chi connectivity index (χ2n) is 9.38. The Morgan fingerprint density at radius 3 is 2.47 bits per heavy atom. The van der Waals surface area contributed by atoms with Gasteiger partial charge in [-0.25, -0.2) is 27.7 Å². The molecule has 1 saturated heterocycles. The van der Waals surface area contributed by atoms with Gasteiger partial charge in [-0.1, -0.05) is 6.07 Å². The summed E-state index contributed by atoms with van der Waals surface area (Å²) in [6, 6.07) is 11.5. The number of nitrogens with zero attached hydrogens (tertiary/aromatic N) is 2. The molecule has 1 unspecified atom stereocenters. The normalized spacial score (nSPS) is 16.2. The minimum absolute atomic E-state index is 0.0264. The molecule has 0 bridgehead atoms. The molecule has 1 fully saturated rings. The van der Waals surface area contributed by atoms with E-state index in [1.807, 2.05) is 0 Å². The molecule has 0 radical (unpaired) electrons. The maximum Gasteiger partial charge on any atom is 0.414 e. The maximum absolute atomic E-state index is 13.4. The van der Waals surface area contributed by atoms with Crippen LogP contribution in [0.1, 0.15) is 27.7 Å². The minimum Gasteiger partial charge on any atom is -0.465 e. The summed E-state index contributed by atoms with van der Waals surface area (Å²) in [5.74, 6) is 0. The Kier molecular flexibility index (Phi) is 6.78. The van der Waals surface area contributed by atoms with Crippen LogP contribution in [0, 0.1) is 0 Å². The lowest BCUT2D eigenvalue weighted by Crippen LogP contribution is -2.40. The van der Waals surface area contributed by atoms with Gasteiger partial charge in [0.05, 0.1) is 16.3 Å². The largest absolute Gasteiger partial charge is 0.465 e. The number of amides is 2. The molecule has 1 aliphatic heterocycles. The monoisotopic (exact) mass is 530 g/mol. The minimum atomic E-state index is -3.97. The van der Waals surface area contributed by atoms with Crippen molar-refractivity contribution in [1.29, 1.82) is 0 Å². The first kappa shape index (κ1) is 25.6. The predicted molar refractivity (Wildman–Crippen MR) is 138 cm³/mol. The molecule has 36 heavy (non-hydrogen) atoms. The topological polar surface area (TPSA) is 138 Å². The first-order chi connectivity index (χ1) is 16.8. The molecule has 4 rings (SSSR count). The van der Waals surface area contributed by atoms with E-state index in [1.54, 1.807) is 70.3 Å². The Morgan fingerprint density at radius 1 is 1.19 bits per heavy atom. The molecule has 1 aromatic heterocycles. The Bertz CT molecular complexity index is 1410. The molecule has 2 aromatic carbocycles. The van der Waals surface area contributed by atoms with Gasteiger partial charge in [-0.3, -0.25) is 10.2 Å². The Hall–Kier alpha value is -3.48. The molecule has 0 aliphatic carbocycles. The lowest BCUT2D eigenvalue weighted by atomic mass is 10.1. The van der Waals surface area contributed by atoms with E-state index >= 15 is 0 Å². The van der Waals surface area contributed by atoms with E-state index in [0.29, 0.717) is 33.4 Å². The number of carboxylic acid groups (broad SMARTS) is 1. The summed E-state index contributed by atoms with van der Waals surface area (Å²) in [5.41, 5.74) is 1.33. The van der Waals surface area contributed by atoms with Crippen LogP contribution in [-0.2, 0) is 14.8 Å². The molecule has 12 heteroatoms. The highest BCUT2D eigenvalue weighted by molar-refractivity contribution is 7.89. The molecule has 10 nitrogen and oxygen atoms in total. The van der Waals surface area contributed by atoms with Gasteiger partial charge in [-0.05, 0) is 64.1 Å². The van der Waals surface area contributed by atoms with E-state index in [1.165, 1.54) is 22.3 Å². The third-order valence-electron chi connectivity index (χ3n) is 5.12. The number of nitrogens with one attached hydrogen (secondary N) is 2. The van der Waals surface area contributed by atoms with Crippen LogP contribution in [0.15, 0.2) is 53.6 Å². The molecule has 1 aliphatic rings. The van der Waals surface area contributed by atoms with Gasteiger partial charge < -0.3 is 9.84 Å². The molecule has 3 aromatic rings. The van der Waals surface area contributed by atoms with Gasteiger partial charge in [0, 0.05) is 34.2 Å². The summed E-state index contributed by atoms with van der Waals surface area (Å²) in [4.78, 5) is 29.6. The number of benzene rings is 2. The zero-order chi connectivity index (χ0) is 26.3. The molecular weight excluding hydrogens is 504 g/mol. The van der Waals surface area contributed by atoms with Crippen molar-refractivity contribution in [2.24, 2.45) is 0 Å². The quantitative estimate of drug-likeness (QED) is 0.408. The van der Waals surface area contributed by atoms with E-state index in [9.17, 15) is 18.0 Å².